The third-order valence-corrected chi connectivity index (χ3v) is 1.36. The lowest BCUT2D eigenvalue weighted by atomic mass is 10.2. The van der Waals surface area contributed by atoms with Gasteiger partial charge in [0.25, 0.3) is 0 Å². The van der Waals surface area contributed by atoms with Gasteiger partial charge in [-0.3, -0.25) is 4.79 Å². The topological polar surface area (TPSA) is 66.8 Å². The monoisotopic (exact) mass is 201 g/mol. The summed E-state index contributed by atoms with van der Waals surface area (Å²) in [6.45, 7) is 2.11. The fraction of sp³-hybridized carbons (Fsp3) is 0.556. The second-order valence-electron chi connectivity index (χ2n) is 2.95. The van der Waals surface area contributed by atoms with Gasteiger partial charge in [-0.2, -0.15) is 0 Å². The number of carboxylic acid groups (broad SMARTS) is 1. The van der Waals surface area contributed by atoms with Gasteiger partial charge in [0.05, 0.1) is 13.2 Å². The summed E-state index contributed by atoms with van der Waals surface area (Å²) < 4.78 is 4.78. The van der Waals surface area contributed by atoms with Crippen molar-refractivity contribution in [2.45, 2.75) is 6.92 Å². The van der Waals surface area contributed by atoms with Gasteiger partial charge in [0.2, 0.25) is 0 Å². The first-order chi connectivity index (χ1) is 6.49. The van der Waals surface area contributed by atoms with Crippen LogP contribution in [0.25, 0.3) is 0 Å². The molecular formula is C9H15NO4. The molecule has 1 N–H and O–H groups in total. The van der Waals surface area contributed by atoms with Crippen LogP contribution < -0.4 is 0 Å². The molecule has 5 nitrogen and oxygen atoms in total. The van der Waals surface area contributed by atoms with Gasteiger partial charge in [0.1, 0.15) is 11.8 Å². The molecule has 0 atom stereocenters. The smallest absolute Gasteiger partial charge is 0.342 e. The number of carboxylic acids is 1. The summed E-state index contributed by atoms with van der Waals surface area (Å²) >= 11 is 0. The van der Waals surface area contributed by atoms with E-state index in [1.807, 2.05) is 0 Å². The molecule has 0 saturated carbocycles. The number of ether oxygens (including phenoxy) is 1. The zero-order chi connectivity index (χ0) is 11.1. The van der Waals surface area contributed by atoms with Crippen molar-refractivity contribution in [1.29, 1.82) is 0 Å². The molecule has 0 heterocycles. The number of likely N-dealkylation sites (N-methyl/N-ethyl adjacent to an activating group) is 1. The predicted molar refractivity (Wildman–Crippen MR) is 50.9 cm³/mol. The highest BCUT2D eigenvalue weighted by molar-refractivity contribution is 6.17. The van der Waals surface area contributed by atoms with Crippen molar-refractivity contribution in [1.82, 2.24) is 4.90 Å². The van der Waals surface area contributed by atoms with Crippen LogP contribution >= 0.6 is 0 Å². The number of hydrogen-bond acceptors (Lipinski definition) is 4. The minimum atomic E-state index is -1.26. The summed E-state index contributed by atoms with van der Waals surface area (Å²) in [4.78, 5) is 23.6. The van der Waals surface area contributed by atoms with Crippen molar-refractivity contribution in [2.24, 2.45) is 0 Å². The van der Waals surface area contributed by atoms with Crippen LogP contribution in [-0.4, -0.2) is 49.0 Å². The van der Waals surface area contributed by atoms with Crippen molar-refractivity contribution in [3.8, 4) is 0 Å². The van der Waals surface area contributed by atoms with Crippen molar-refractivity contribution < 1.29 is 19.4 Å². The number of carbonyl (C=O) groups is 2. The van der Waals surface area contributed by atoms with Gasteiger partial charge in [-0.1, -0.05) is 0 Å². The van der Waals surface area contributed by atoms with Gasteiger partial charge in [0, 0.05) is 0 Å². The highest BCUT2D eigenvalue weighted by Gasteiger charge is 2.18. The molecule has 0 bridgehead atoms. The summed E-state index contributed by atoms with van der Waals surface area (Å²) in [6.07, 6.45) is 0.994. The lowest BCUT2D eigenvalue weighted by Crippen LogP contribution is -2.26. The van der Waals surface area contributed by atoms with E-state index in [1.165, 1.54) is 0 Å². The minimum absolute atomic E-state index is 0.0607. The van der Waals surface area contributed by atoms with Crippen molar-refractivity contribution >= 4 is 11.8 Å². The summed E-state index contributed by atoms with van der Waals surface area (Å²) in [5, 5.41) is 8.70. The average molecular weight is 201 g/mol. The molecule has 14 heavy (non-hydrogen) atoms. The Hall–Kier alpha value is -1.36. The Bertz CT molecular complexity index is 245. The average Bonchev–Trinajstić information content (AvgIpc) is 2.02. The van der Waals surface area contributed by atoms with Gasteiger partial charge in [-0.15, -0.1) is 0 Å². The van der Waals surface area contributed by atoms with Gasteiger partial charge in [-0.25, -0.2) is 4.79 Å². The summed E-state index contributed by atoms with van der Waals surface area (Å²) in [5.74, 6) is -1.72. The molecule has 0 rings (SSSR count). The van der Waals surface area contributed by atoms with E-state index in [4.69, 9.17) is 9.84 Å². The molecule has 80 valence electrons. The number of Topliss-reactive ketones (excluding diaryl/α,β-unsaturated/α-hetero) is 1. The van der Waals surface area contributed by atoms with Crippen LogP contribution in [0.3, 0.4) is 0 Å². The normalized spacial score (nSPS) is 11.6. The second-order valence-corrected chi connectivity index (χ2v) is 2.95. The van der Waals surface area contributed by atoms with Gasteiger partial charge >= 0.3 is 5.97 Å². The Labute approximate surface area is 83.0 Å². The summed E-state index contributed by atoms with van der Waals surface area (Å²) in [6, 6.07) is 0. The zero-order valence-corrected chi connectivity index (χ0v) is 8.61. The van der Waals surface area contributed by atoms with E-state index < -0.39 is 11.8 Å². The molecule has 5 heteroatoms. The molecule has 0 aromatic rings. The second kappa shape index (κ2) is 6.15. The Kier molecular flexibility index (Phi) is 5.55. The molecule has 0 aromatic heterocycles. The standard InChI is InChI=1S/C9H15NO4/c1-4-14-6-7(9(12)13)8(11)5-10(2)3/h6H,4-5H2,1-3H3,(H,12,13). The maximum absolute atomic E-state index is 11.3. The molecule has 0 spiro atoms. The van der Waals surface area contributed by atoms with Crippen LogP contribution in [0.4, 0.5) is 0 Å². The number of aliphatic carboxylic acids is 1. The van der Waals surface area contributed by atoms with Gasteiger partial charge in [-0.05, 0) is 21.0 Å². The predicted octanol–water partition coefficient (Wildman–Crippen LogP) is 0.122. The first-order valence-electron chi connectivity index (χ1n) is 4.22. The van der Waals surface area contributed by atoms with Gasteiger partial charge < -0.3 is 14.7 Å². The number of nitrogens with zero attached hydrogens (tertiary/aromatic N) is 1. The van der Waals surface area contributed by atoms with Crippen LogP contribution in [0.15, 0.2) is 11.8 Å². The Morgan fingerprint density at radius 3 is 2.36 bits per heavy atom. The summed E-state index contributed by atoms with van der Waals surface area (Å²) in [7, 11) is 3.39. The Balaban J connectivity index is 4.50. The van der Waals surface area contributed by atoms with E-state index >= 15 is 0 Å². The first-order valence-corrected chi connectivity index (χ1v) is 4.22. The molecule has 0 unspecified atom stereocenters. The Morgan fingerprint density at radius 1 is 1.43 bits per heavy atom. The number of rotatable bonds is 6. The first kappa shape index (κ1) is 12.6. The third kappa shape index (κ3) is 4.61. The highest BCUT2D eigenvalue weighted by Crippen LogP contribution is 1.99. The van der Waals surface area contributed by atoms with Crippen LogP contribution in [0, 0.1) is 0 Å². The van der Waals surface area contributed by atoms with E-state index in [9.17, 15) is 9.59 Å². The number of carbonyl (C=O) groups excluding carboxylic acids is 1. The summed E-state index contributed by atoms with van der Waals surface area (Å²) in [5.41, 5.74) is -0.319. The lowest BCUT2D eigenvalue weighted by Gasteiger charge is -2.08. The maximum Gasteiger partial charge on any atom is 0.342 e. The molecule has 0 aliphatic carbocycles. The molecule has 0 aliphatic rings. The van der Waals surface area contributed by atoms with Crippen LogP contribution in [0.1, 0.15) is 6.92 Å². The fourth-order valence-corrected chi connectivity index (χ4v) is 0.774. The maximum atomic E-state index is 11.3. The van der Waals surface area contributed by atoms with E-state index in [0.717, 1.165) is 6.26 Å². The molecule has 0 aliphatic heterocycles. The van der Waals surface area contributed by atoms with E-state index in [-0.39, 0.29) is 12.1 Å². The van der Waals surface area contributed by atoms with Gasteiger partial charge in [0.15, 0.2) is 5.78 Å². The fourth-order valence-electron chi connectivity index (χ4n) is 0.774. The van der Waals surface area contributed by atoms with E-state index in [1.54, 1.807) is 25.9 Å². The van der Waals surface area contributed by atoms with Crippen LogP contribution in [0.5, 0.6) is 0 Å². The molecule has 0 amide bonds. The van der Waals surface area contributed by atoms with Crippen LogP contribution in [-0.2, 0) is 14.3 Å². The lowest BCUT2D eigenvalue weighted by molar-refractivity contribution is -0.134. The molecule has 0 aromatic carbocycles. The Morgan fingerprint density at radius 2 is 2.00 bits per heavy atom. The van der Waals surface area contributed by atoms with E-state index in [2.05, 4.69) is 0 Å². The number of ketones is 1. The highest BCUT2D eigenvalue weighted by atomic mass is 16.5. The SMILES string of the molecule is CCOC=C(C(=O)O)C(=O)CN(C)C. The van der Waals surface area contributed by atoms with Crippen LogP contribution in [0.2, 0.25) is 0 Å². The van der Waals surface area contributed by atoms with Crippen molar-refractivity contribution in [3.05, 3.63) is 11.8 Å². The molecule has 0 fully saturated rings. The number of hydrogen-bond donors (Lipinski definition) is 1. The van der Waals surface area contributed by atoms with E-state index in [0.29, 0.717) is 6.61 Å². The zero-order valence-electron chi connectivity index (χ0n) is 8.61. The molecular weight excluding hydrogens is 186 g/mol. The minimum Gasteiger partial charge on any atom is -0.500 e. The largest absolute Gasteiger partial charge is 0.500 e. The van der Waals surface area contributed by atoms with Crippen molar-refractivity contribution in [3.63, 3.8) is 0 Å². The quantitative estimate of drug-likeness (QED) is 0.286. The third-order valence-electron chi connectivity index (χ3n) is 1.36. The molecule has 0 saturated heterocycles. The molecule has 0 radical (unpaired) electrons. The van der Waals surface area contributed by atoms with Crippen molar-refractivity contribution in [2.75, 3.05) is 27.2 Å².